The van der Waals surface area contributed by atoms with E-state index < -0.39 is 22.2 Å². The zero-order chi connectivity index (χ0) is 22.0. The first-order valence-electron chi connectivity index (χ1n) is 9.10. The molecule has 0 fully saturated rings. The number of hydrogen-bond acceptors (Lipinski definition) is 7. The molecule has 0 radical (unpaired) electrons. The highest BCUT2D eigenvalue weighted by atomic mass is 32.2. The van der Waals surface area contributed by atoms with Crippen molar-refractivity contribution in [2.75, 3.05) is 52.9 Å². The van der Waals surface area contributed by atoms with Crippen LogP contribution in [0.2, 0.25) is 0 Å². The van der Waals surface area contributed by atoms with Crippen LogP contribution in [0.1, 0.15) is 13.8 Å². The van der Waals surface area contributed by atoms with Gasteiger partial charge in [0, 0.05) is 19.8 Å². The largest absolute Gasteiger partial charge is 0.389 e. The van der Waals surface area contributed by atoms with Crippen molar-refractivity contribution < 1.29 is 32.6 Å². The molecular weight excluding hydrogens is 402 g/mol. The number of nitrogens with one attached hydrogen (secondary N) is 1. The number of nitrogens with zero attached hydrogens (tertiary/aromatic N) is 2. The highest BCUT2D eigenvalue weighted by Gasteiger charge is 2.21. The van der Waals surface area contributed by atoms with E-state index in [0.29, 0.717) is 18.9 Å². The molecule has 0 spiro atoms. The Morgan fingerprint density at radius 1 is 1.17 bits per heavy atom. The minimum Gasteiger partial charge on any atom is -0.389 e. The van der Waals surface area contributed by atoms with Gasteiger partial charge in [0.1, 0.15) is 0 Å². The summed E-state index contributed by atoms with van der Waals surface area (Å²) in [6.07, 6.45) is -0.727. The predicted molar refractivity (Wildman–Crippen MR) is 108 cm³/mol. The number of hydrogen-bond donors (Lipinski definition) is 2. The molecule has 0 aliphatic rings. The van der Waals surface area contributed by atoms with E-state index in [0.717, 1.165) is 4.47 Å². The minimum atomic E-state index is -3.75. The van der Waals surface area contributed by atoms with Gasteiger partial charge in [-0.25, -0.2) is 13.2 Å². The minimum absolute atomic E-state index is 0.0298. The second-order valence-corrected chi connectivity index (χ2v) is 8.52. The molecule has 10 nitrogen and oxygen atoms in total. The summed E-state index contributed by atoms with van der Waals surface area (Å²) < 4.78 is 35.7. The van der Waals surface area contributed by atoms with Crippen molar-refractivity contribution in [2.24, 2.45) is 0 Å². The Kier molecular flexibility index (Phi) is 10.5. The van der Waals surface area contributed by atoms with E-state index in [1.54, 1.807) is 0 Å². The van der Waals surface area contributed by atoms with Crippen molar-refractivity contribution in [3.05, 3.63) is 24.3 Å². The van der Waals surface area contributed by atoms with Gasteiger partial charge in [-0.15, -0.1) is 0 Å². The Labute approximate surface area is 172 Å². The van der Waals surface area contributed by atoms with Crippen LogP contribution in [0.3, 0.4) is 0 Å². The third-order valence-corrected chi connectivity index (χ3v) is 5.51. The number of urea groups is 1. The van der Waals surface area contributed by atoms with Crippen LogP contribution >= 0.6 is 0 Å². The molecule has 0 bridgehead atoms. The Balaban J connectivity index is 2.48. The molecular formula is C18H31N3O7S. The quantitative estimate of drug-likeness (QED) is 0.375. The number of ether oxygens (including phenoxy) is 2. The fourth-order valence-electron chi connectivity index (χ4n) is 2.19. The topological polar surface area (TPSA) is 118 Å². The van der Waals surface area contributed by atoms with E-state index in [2.05, 4.69) is 5.32 Å². The van der Waals surface area contributed by atoms with Crippen molar-refractivity contribution in [1.82, 2.24) is 9.37 Å². The SMILES string of the molecule is CON(C)S(=O)(=O)c1ccc(NC(=O)N(C)CC(O)COCCOC(C)C)cc1. The second-order valence-electron chi connectivity index (χ2n) is 6.58. The van der Waals surface area contributed by atoms with Crippen molar-refractivity contribution in [3.63, 3.8) is 0 Å². The highest BCUT2D eigenvalue weighted by Crippen LogP contribution is 2.17. The van der Waals surface area contributed by atoms with Gasteiger partial charge < -0.3 is 24.8 Å². The molecule has 0 saturated heterocycles. The highest BCUT2D eigenvalue weighted by molar-refractivity contribution is 7.89. The second kappa shape index (κ2) is 12.1. The maximum atomic E-state index is 12.2. The van der Waals surface area contributed by atoms with Gasteiger partial charge in [-0.05, 0) is 38.1 Å². The van der Waals surface area contributed by atoms with E-state index in [1.807, 2.05) is 13.8 Å². The molecule has 0 heterocycles. The summed E-state index contributed by atoms with van der Waals surface area (Å²) in [5.74, 6) is 0. The number of amides is 2. The van der Waals surface area contributed by atoms with Crippen molar-refractivity contribution in [1.29, 1.82) is 0 Å². The fraction of sp³-hybridized carbons (Fsp3) is 0.611. The molecule has 29 heavy (non-hydrogen) atoms. The lowest BCUT2D eigenvalue weighted by atomic mass is 10.3. The summed E-state index contributed by atoms with van der Waals surface area (Å²) in [6.45, 7) is 4.80. The summed E-state index contributed by atoms with van der Waals surface area (Å²) in [5, 5.41) is 12.6. The third kappa shape index (κ3) is 8.64. The van der Waals surface area contributed by atoms with Gasteiger partial charge in [-0.3, -0.25) is 4.84 Å². The third-order valence-electron chi connectivity index (χ3n) is 3.82. The van der Waals surface area contributed by atoms with Crippen LogP contribution in [0.5, 0.6) is 0 Å². The molecule has 0 aliphatic carbocycles. The molecule has 1 rings (SSSR count). The number of hydroxylamine groups is 1. The molecule has 1 unspecified atom stereocenters. The Hall–Kier alpha value is -1.76. The lowest BCUT2D eigenvalue weighted by Gasteiger charge is -2.21. The van der Waals surface area contributed by atoms with Crippen LogP contribution in [-0.4, -0.2) is 88.7 Å². The fourth-order valence-corrected chi connectivity index (χ4v) is 3.16. The normalized spacial score (nSPS) is 13.0. The van der Waals surface area contributed by atoms with E-state index in [9.17, 15) is 18.3 Å². The molecule has 166 valence electrons. The van der Waals surface area contributed by atoms with Gasteiger partial charge in [0.2, 0.25) is 0 Å². The monoisotopic (exact) mass is 433 g/mol. The standard InChI is InChI=1S/C18H31N3O7S/c1-14(2)28-11-10-27-13-16(22)12-20(3)18(23)19-15-6-8-17(9-7-15)29(24,25)21(4)26-5/h6-9,14,16,22H,10-13H2,1-5H3,(H,19,23). The molecule has 2 amide bonds. The van der Waals surface area contributed by atoms with Crippen molar-refractivity contribution in [3.8, 4) is 0 Å². The Morgan fingerprint density at radius 3 is 2.34 bits per heavy atom. The zero-order valence-electron chi connectivity index (χ0n) is 17.5. The number of aliphatic hydroxyl groups is 1. The van der Waals surface area contributed by atoms with E-state index in [-0.39, 0.29) is 24.2 Å². The van der Waals surface area contributed by atoms with Crippen LogP contribution in [0.25, 0.3) is 0 Å². The lowest BCUT2D eigenvalue weighted by molar-refractivity contribution is -0.0258. The number of likely N-dealkylation sites (N-methyl/N-ethyl adjacent to an activating group) is 1. The average Bonchev–Trinajstić information content (AvgIpc) is 2.67. The number of rotatable bonds is 12. The summed E-state index contributed by atoms with van der Waals surface area (Å²) >= 11 is 0. The number of carbonyl (C=O) groups is 1. The summed E-state index contributed by atoms with van der Waals surface area (Å²) in [4.78, 5) is 18.3. The first-order valence-corrected chi connectivity index (χ1v) is 10.5. The summed E-state index contributed by atoms with van der Waals surface area (Å²) in [6, 6.07) is 5.22. The average molecular weight is 434 g/mol. The van der Waals surface area contributed by atoms with Crippen molar-refractivity contribution in [2.45, 2.75) is 31.0 Å². The number of anilines is 1. The number of sulfonamides is 1. The Bertz CT molecular complexity index is 725. The van der Waals surface area contributed by atoms with Gasteiger partial charge in [0.05, 0.1) is 50.6 Å². The first kappa shape index (κ1) is 25.3. The maximum absolute atomic E-state index is 12.2. The smallest absolute Gasteiger partial charge is 0.321 e. The van der Waals surface area contributed by atoms with Crippen molar-refractivity contribution >= 4 is 21.7 Å². The molecule has 1 aromatic rings. The van der Waals surface area contributed by atoms with Gasteiger partial charge >= 0.3 is 6.03 Å². The predicted octanol–water partition coefficient (Wildman–Crippen LogP) is 1.13. The van der Waals surface area contributed by atoms with Gasteiger partial charge in [0.15, 0.2) is 0 Å². The van der Waals surface area contributed by atoms with Crippen LogP contribution < -0.4 is 5.32 Å². The molecule has 1 atom stereocenters. The van der Waals surface area contributed by atoms with Crippen LogP contribution in [0.4, 0.5) is 10.5 Å². The molecule has 0 aromatic heterocycles. The number of aliphatic hydroxyl groups excluding tert-OH is 1. The van der Waals surface area contributed by atoms with Crippen LogP contribution in [0.15, 0.2) is 29.2 Å². The van der Waals surface area contributed by atoms with Crippen LogP contribution in [-0.2, 0) is 24.3 Å². The summed E-state index contributed by atoms with van der Waals surface area (Å²) in [7, 11) is 0.317. The maximum Gasteiger partial charge on any atom is 0.321 e. The van der Waals surface area contributed by atoms with Crippen LogP contribution in [0, 0.1) is 0 Å². The summed E-state index contributed by atoms with van der Waals surface area (Å²) in [5.41, 5.74) is 0.414. The molecule has 11 heteroatoms. The van der Waals surface area contributed by atoms with E-state index >= 15 is 0 Å². The van der Waals surface area contributed by atoms with Gasteiger partial charge in [-0.2, -0.15) is 0 Å². The van der Waals surface area contributed by atoms with Gasteiger partial charge in [-0.1, -0.05) is 4.47 Å². The zero-order valence-corrected chi connectivity index (χ0v) is 18.3. The number of carbonyl (C=O) groups excluding carboxylic acids is 1. The lowest BCUT2D eigenvalue weighted by Crippen LogP contribution is -2.39. The van der Waals surface area contributed by atoms with E-state index in [4.69, 9.17) is 14.3 Å². The first-order chi connectivity index (χ1) is 13.6. The number of benzene rings is 1. The van der Waals surface area contributed by atoms with Gasteiger partial charge in [0.25, 0.3) is 10.0 Å². The van der Waals surface area contributed by atoms with E-state index in [1.165, 1.54) is 50.4 Å². The molecule has 2 N–H and O–H groups in total. The Morgan fingerprint density at radius 2 is 1.79 bits per heavy atom. The molecule has 0 aliphatic heterocycles. The molecule has 0 saturated carbocycles. The molecule has 1 aromatic carbocycles.